The summed E-state index contributed by atoms with van der Waals surface area (Å²) in [7, 11) is 4.19. The topological polar surface area (TPSA) is 3.24 Å². The third-order valence-corrected chi connectivity index (χ3v) is 2.52. The second-order valence-corrected chi connectivity index (χ2v) is 3.02. The van der Waals surface area contributed by atoms with Crippen LogP contribution in [0.4, 0.5) is 0 Å². The molecule has 0 aromatic rings. The van der Waals surface area contributed by atoms with E-state index in [0.29, 0.717) is 5.54 Å². The third-order valence-electron chi connectivity index (χ3n) is 2.02. The summed E-state index contributed by atoms with van der Waals surface area (Å²) in [6, 6.07) is 0. The smallest absolute Gasteiger partial charge is 0.0408 e. The van der Waals surface area contributed by atoms with E-state index in [1.54, 1.807) is 0 Å². The van der Waals surface area contributed by atoms with Crippen LogP contribution >= 0.6 is 11.6 Å². The van der Waals surface area contributed by atoms with Gasteiger partial charge in [0.2, 0.25) is 0 Å². The van der Waals surface area contributed by atoms with Gasteiger partial charge >= 0.3 is 0 Å². The van der Waals surface area contributed by atoms with E-state index in [2.05, 4.69) is 19.0 Å². The average molecular weight is 134 g/mol. The van der Waals surface area contributed by atoms with Crippen molar-refractivity contribution in [3.05, 3.63) is 0 Å². The Morgan fingerprint density at radius 3 is 2.00 bits per heavy atom. The maximum atomic E-state index is 5.71. The van der Waals surface area contributed by atoms with E-state index in [9.17, 15) is 0 Å². The quantitative estimate of drug-likeness (QED) is 0.514. The molecule has 0 unspecified atom stereocenters. The predicted molar refractivity (Wildman–Crippen MR) is 36.4 cm³/mol. The molecule has 8 heavy (non-hydrogen) atoms. The summed E-state index contributed by atoms with van der Waals surface area (Å²) in [6.45, 7) is 0. The van der Waals surface area contributed by atoms with E-state index in [1.165, 1.54) is 12.8 Å². The van der Waals surface area contributed by atoms with Gasteiger partial charge in [0.05, 0.1) is 0 Å². The number of hydrogen-bond donors (Lipinski definition) is 0. The van der Waals surface area contributed by atoms with Crippen molar-refractivity contribution in [2.75, 3.05) is 20.0 Å². The van der Waals surface area contributed by atoms with E-state index < -0.39 is 0 Å². The number of nitrogens with zero attached hydrogens (tertiary/aromatic N) is 1. The zero-order chi connectivity index (χ0) is 6.20. The monoisotopic (exact) mass is 133 g/mol. The summed E-state index contributed by atoms with van der Waals surface area (Å²) < 4.78 is 0. The molecule has 0 amide bonds. The van der Waals surface area contributed by atoms with Crippen molar-refractivity contribution in [1.82, 2.24) is 4.90 Å². The van der Waals surface area contributed by atoms with Gasteiger partial charge in [-0.15, -0.1) is 11.6 Å². The second kappa shape index (κ2) is 1.89. The lowest BCUT2D eigenvalue weighted by Gasteiger charge is -2.19. The lowest BCUT2D eigenvalue weighted by atomic mass is 10.3. The summed E-state index contributed by atoms with van der Waals surface area (Å²) in [5.74, 6) is 0.792. The van der Waals surface area contributed by atoms with Gasteiger partial charge in [0.25, 0.3) is 0 Å². The zero-order valence-corrected chi connectivity index (χ0v) is 6.20. The average Bonchev–Trinajstić information content (AvgIpc) is 2.44. The van der Waals surface area contributed by atoms with E-state index in [-0.39, 0.29) is 0 Å². The van der Waals surface area contributed by atoms with Gasteiger partial charge in [-0.2, -0.15) is 0 Å². The maximum Gasteiger partial charge on any atom is 0.0408 e. The van der Waals surface area contributed by atoms with Crippen LogP contribution in [0.5, 0.6) is 0 Å². The summed E-state index contributed by atoms with van der Waals surface area (Å²) in [5, 5.41) is 0. The van der Waals surface area contributed by atoms with Crippen LogP contribution in [0, 0.1) is 0 Å². The van der Waals surface area contributed by atoms with Crippen molar-refractivity contribution < 1.29 is 0 Å². The molecule has 1 nitrogen and oxygen atoms in total. The molecule has 0 radical (unpaired) electrons. The molecule has 1 aliphatic rings. The van der Waals surface area contributed by atoms with E-state index >= 15 is 0 Å². The number of rotatable bonds is 2. The lowest BCUT2D eigenvalue weighted by molar-refractivity contribution is 0.297. The summed E-state index contributed by atoms with van der Waals surface area (Å²) in [5.41, 5.74) is 0.390. The SMILES string of the molecule is CN(C)C1(CCl)CC1. The van der Waals surface area contributed by atoms with Gasteiger partial charge in [-0.25, -0.2) is 0 Å². The summed E-state index contributed by atoms with van der Waals surface area (Å²) in [4.78, 5) is 2.22. The highest BCUT2D eigenvalue weighted by atomic mass is 35.5. The largest absolute Gasteiger partial charge is 0.303 e. The van der Waals surface area contributed by atoms with Gasteiger partial charge in [0, 0.05) is 11.4 Å². The van der Waals surface area contributed by atoms with Gasteiger partial charge in [0.1, 0.15) is 0 Å². The van der Waals surface area contributed by atoms with Crippen LogP contribution in [0.3, 0.4) is 0 Å². The van der Waals surface area contributed by atoms with Crippen molar-refractivity contribution in [3.8, 4) is 0 Å². The van der Waals surface area contributed by atoms with Gasteiger partial charge < -0.3 is 4.90 Å². The Labute approximate surface area is 55.6 Å². The Hall–Kier alpha value is 0.250. The highest BCUT2D eigenvalue weighted by Gasteiger charge is 2.43. The normalized spacial score (nSPS) is 24.0. The molecule has 0 heterocycles. The lowest BCUT2D eigenvalue weighted by Crippen LogP contribution is -2.31. The second-order valence-electron chi connectivity index (χ2n) is 2.75. The van der Waals surface area contributed by atoms with Gasteiger partial charge in [-0.1, -0.05) is 0 Å². The molecule has 1 aliphatic carbocycles. The van der Waals surface area contributed by atoms with Crippen molar-refractivity contribution in [2.45, 2.75) is 18.4 Å². The molecule has 0 aromatic carbocycles. The fraction of sp³-hybridized carbons (Fsp3) is 1.00. The standard InChI is InChI=1S/C6H12ClN/c1-8(2)6(5-7)3-4-6/h3-5H2,1-2H3. The predicted octanol–water partition coefficient (Wildman–Crippen LogP) is 1.32. The first-order valence-electron chi connectivity index (χ1n) is 2.95. The van der Waals surface area contributed by atoms with E-state index in [1.807, 2.05) is 0 Å². The number of hydrogen-bond acceptors (Lipinski definition) is 1. The zero-order valence-electron chi connectivity index (χ0n) is 5.45. The molecule has 0 spiro atoms. The van der Waals surface area contributed by atoms with Gasteiger partial charge in [-0.3, -0.25) is 0 Å². The van der Waals surface area contributed by atoms with Crippen LogP contribution in [0.25, 0.3) is 0 Å². The van der Waals surface area contributed by atoms with Crippen molar-refractivity contribution in [1.29, 1.82) is 0 Å². The maximum absolute atomic E-state index is 5.71. The molecule has 0 bridgehead atoms. The van der Waals surface area contributed by atoms with Crippen molar-refractivity contribution in [2.24, 2.45) is 0 Å². The van der Waals surface area contributed by atoms with Crippen LogP contribution in [-0.4, -0.2) is 30.4 Å². The molecule has 2 heteroatoms. The third kappa shape index (κ3) is 0.848. The highest BCUT2D eigenvalue weighted by Crippen LogP contribution is 2.40. The van der Waals surface area contributed by atoms with Crippen LogP contribution < -0.4 is 0 Å². The molecule has 0 atom stereocenters. The molecular weight excluding hydrogens is 122 g/mol. The first-order chi connectivity index (χ1) is 3.71. The Morgan fingerprint density at radius 2 is 2.00 bits per heavy atom. The highest BCUT2D eigenvalue weighted by molar-refractivity contribution is 6.18. The Bertz CT molecular complexity index is 86.5. The Morgan fingerprint density at radius 1 is 1.50 bits per heavy atom. The van der Waals surface area contributed by atoms with E-state index in [4.69, 9.17) is 11.6 Å². The molecule has 1 saturated carbocycles. The minimum Gasteiger partial charge on any atom is -0.303 e. The van der Waals surface area contributed by atoms with Crippen LogP contribution in [0.1, 0.15) is 12.8 Å². The first kappa shape index (κ1) is 6.37. The first-order valence-corrected chi connectivity index (χ1v) is 3.48. The fourth-order valence-corrected chi connectivity index (χ4v) is 1.35. The Balaban J connectivity index is 2.41. The molecule has 0 saturated heterocycles. The Kier molecular flexibility index (Phi) is 1.50. The van der Waals surface area contributed by atoms with Crippen LogP contribution in [0.2, 0.25) is 0 Å². The molecule has 1 rings (SSSR count). The molecule has 0 N–H and O–H groups in total. The van der Waals surface area contributed by atoms with Crippen molar-refractivity contribution in [3.63, 3.8) is 0 Å². The number of alkyl halides is 1. The minimum atomic E-state index is 0.390. The van der Waals surface area contributed by atoms with Gasteiger partial charge in [-0.05, 0) is 26.9 Å². The summed E-state index contributed by atoms with van der Waals surface area (Å²) in [6.07, 6.45) is 2.56. The fourth-order valence-electron chi connectivity index (χ4n) is 0.845. The van der Waals surface area contributed by atoms with Crippen molar-refractivity contribution >= 4 is 11.6 Å². The molecule has 1 fully saturated rings. The van der Waals surface area contributed by atoms with Crippen LogP contribution in [-0.2, 0) is 0 Å². The molecule has 0 aromatic heterocycles. The molecular formula is C6H12ClN. The minimum absolute atomic E-state index is 0.390. The molecule has 0 aliphatic heterocycles. The van der Waals surface area contributed by atoms with E-state index in [0.717, 1.165) is 5.88 Å². The van der Waals surface area contributed by atoms with Crippen LogP contribution in [0.15, 0.2) is 0 Å². The summed E-state index contributed by atoms with van der Waals surface area (Å²) >= 11 is 5.71. The van der Waals surface area contributed by atoms with Gasteiger partial charge in [0.15, 0.2) is 0 Å². The molecule has 48 valence electrons. The number of halogens is 1.